The highest BCUT2D eigenvalue weighted by Gasteiger charge is 2.24. The second-order valence-corrected chi connectivity index (χ2v) is 12.2. The van der Waals surface area contributed by atoms with Crippen LogP contribution >= 0.6 is 0 Å². The first kappa shape index (κ1) is 30.6. The van der Waals surface area contributed by atoms with E-state index in [0.29, 0.717) is 47.2 Å². The monoisotopic (exact) mass is 590 g/mol. The van der Waals surface area contributed by atoms with Gasteiger partial charge in [0.2, 0.25) is 5.91 Å². The molecule has 0 bridgehead atoms. The molecule has 0 saturated carbocycles. The van der Waals surface area contributed by atoms with E-state index in [9.17, 15) is 13.2 Å². The van der Waals surface area contributed by atoms with Crippen molar-refractivity contribution in [1.82, 2.24) is 10.3 Å². The van der Waals surface area contributed by atoms with Crippen LogP contribution in [0.15, 0.2) is 77.8 Å². The van der Waals surface area contributed by atoms with Crippen LogP contribution in [0.25, 0.3) is 10.8 Å². The van der Waals surface area contributed by atoms with Crippen molar-refractivity contribution in [2.45, 2.75) is 57.7 Å². The maximum absolute atomic E-state index is 13.8. The van der Waals surface area contributed by atoms with E-state index in [-0.39, 0.29) is 29.2 Å². The van der Waals surface area contributed by atoms with Crippen LogP contribution < -0.4 is 25.8 Å². The fraction of sp³-hybridized carbons (Fsp3) is 0.312. The molecule has 4 rings (SSSR count). The van der Waals surface area contributed by atoms with Crippen molar-refractivity contribution in [3.05, 3.63) is 84.1 Å². The largest absolute Gasteiger partial charge is 0.490 e. The number of hydrogen-bond donors (Lipinski definition) is 3. The Labute approximate surface area is 247 Å². The van der Waals surface area contributed by atoms with Crippen LogP contribution in [0.2, 0.25) is 0 Å². The standard InChI is InChI=1S/C32H38N4O5S/c1-5-17-42(38,39)29-10-8-7-9-24(29)20-35-32(37)30(23-11-14-27(41-21(3)4)28(19-23)40-6-2)36-25-12-13-26-22(18-25)15-16-34-31(26)33/h7-16,18-19,21,30,36H,5-6,17,20H2,1-4H3,(H2,33,34)(H,35,37). The fourth-order valence-corrected chi connectivity index (χ4v) is 6.28. The molecule has 0 spiro atoms. The minimum Gasteiger partial charge on any atom is -0.490 e. The molecule has 0 aliphatic heterocycles. The van der Waals surface area contributed by atoms with Crippen molar-refractivity contribution in [3.63, 3.8) is 0 Å². The van der Waals surface area contributed by atoms with Crippen molar-refractivity contribution < 1.29 is 22.7 Å². The number of ether oxygens (including phenoxy) is 2. The van der Waals surface area contributed by atoms with Gasteiger partial charge in [0.1, 0.15) is 11.9 Å². The topological polar surface area (TPSA) is 133 Å². The molecule has 9 nitrogen and oxygen atoms in total. The van der Waals surface area contributed by atoms with Crippen LogP contribution in [-0.4, -0.2) is 37.8 Å². The third-order valence-electron chi connectivity index (χ3n) is 6.57. The molecule has 222 valence electrons. The number of nitrogen functional groups attached to an aromatic ring is 1. The number of fused-ring (bicyclic) bond motifs is 1. The van der Waals surface area contributed by atoms with E-state index in [1.807, 2.05) is 58.0 Å². The van der Waals surface area contributed by atoms with Crippen molar-refractivity contribution >= 4 is 38.0 Å². The number of pyridine rings is 1. The van der Waals surface area contributed by atoms with E-state index in [4.69, 9.17) is 15.2 Å². The second-order valence-electron chi connectivity index (χ2n) is 10.2. The van der Waals surface area contributed by atoms with Crippen LogP contribution in [0.3, 0.4) is 0 Å². The van der Waals surface area contributed by atoms with Gasteiger partial charge in [0.15, 0.2) is 21.3 Å². The molecule has 1 aromatic heterocycles. The number of nitrogens with one attached hydrogen (secondary N) is 2. The summed E-state index contributed by atoms with van der Waals surface area (Å²) in [6.07, 6.45) is 2.08. The second kappa shape index (κ2) is 13.6. The van der Waals surface area contributed by atoms with Crippen molar-refractivity contribution in [2.75, 3.05) is 23.4 Å². The Bertz CT molecular complexity index is 1660. The molecule has 1 heterocycles. The summed E-state index contributed by atoms with van der Waals surface area (Å²) in [6, 6.07) is 18.8. The Morgan fingerprint density at radius 2 is 1.79 bits per heavy atom. The fourth-order valence-electron chi connectivity index (χ4n) is 4.70. The number of rotatable bonds is 13. The summed E-state index contributed by atoms with van der Waals surface area (Å²) in [6.45, 7) is 8.04. The molecule has 42 heavy (non-hydrogen) atoms. The van der Waals surface area contributed by atoms with Gasteiger partial charge in [-0.05, 0) is 86.2 Å². The Kier molecular flexibility index (Phi) is 9.90. The average Bonchev–Trinajstić information content (AvgIpc) is 2.96. The third kappa shape index (κ3) is 7.30. The Morgan fingerprint density at radius 1 is 1.00 bits per heavy atom. The lowest BCUT2D eigenvalue weighted by Crippen LogP contribution is -2.33. The number of aromatic nitrogens is 1. The molecule has 4 aromatic rings. The smallest absolute Gasteiger partial charge is 0.247 e. The van der Waals surface area contributed by atoms with E-state index in [1.54, 1.807) is 42.6 Å². The first-order chi connectivity index (χ1) is 20.1. The zero-order valence-corrected chi connectivity index (χ0v) is 25.2. The van der Waals surface area contributed by atoms with Gasteiger partial charge in [-0.2, -0.15) is 0 Å². The SMILES string of the molecule is CCCS(=O)(=O)c1ccccc1CNC(=O)C(Nc1ccc2c(N)nccc2c1)c1ccc(OC(C)C)c(OCC)c1. The highest BCUT2D eigenvalue weighted by Crippen LogP contribution is 2.33. The lowest BCUT2D eigenvalue weighted by atomic mass is 10.0. The molecule has 1 atom stereocenters. The third-order valence-corrected chi connectivity index (χ3v) is 8.58. The van der Waals surface area contributed by atoms with Gasteiger partial charge in [-0.25, -0.2) is 13.4 Å². The number of nitrogens with two attached hydrogens (primary N) is 1. The van der Waals surface area contributed by atoms with Gasteiger partial charge in [0.05, 0.1) is 23.4 Å². The molecule has 3 aromatic carbocycles. The molecule has 0 fully saturated rings. The molecule has 4 N–H and O–H groups in total. The lowest BCUT2D eigenvalue weighted by Gasteiger charge is -2.23. The van der Waals surface area contributed by atoms with Gasteiger partial charge in [-0.3, -0.25) is 4.79 Å². The minimum atomic E-state index is -3.47. The highest BCUT2D eigenvalue weighted by molar-refractivity contribution is 7.91. The summed E-state index contributed by atoms with van der Waals surface area (Å²) >= 11 is 0. The quantitative estimate of drug-likeness (QED) is 0.182. The zero-order valence-electron chi connectivity index (χ0n) is 24.4. The van der Waals surface area contributed by atoms with Crippen LogP contribution in [0.5, 0.6) is 11.5 Å². The van der Waals surface area contributed by atoms with Crippen molar-refractivity contribution in [3.8, 4) is 11.5 Å². The normalized spacial score (nSPS) is 12.2. The Hall–Kier alpha value is -4.31. The van der Waals surface area contributed by atoms with Crippen LogP contribution in [0.1, 0.15) is 51.3 Å². The maximum atomic E-state index is 13.8. The molecule has 0 aliphatic carbocycles. The average molecular weight is 591 g/mol. The number of nitrogens with zero attached hydrogens (tertiary/aromatic N) is 1. The molecule has 10 heteroatoms. The van der Waals surface area contributed by atoms with Crippen LogP contribution in [0.4, 0.5) is 11.5 Å². The summed E-state index contributed by atoms with van der Waals surface area (Å²) in [5.41, 5.74) is 7.90. The number of benzene rings is 3. The summed E-state index contributed by atoms with van der Waals surface area (Å²) in [5, 5.41) is 7.98. The van der Waals surface area contributed by atoms with Crippen LogP contribution in [-0.2, 0) is 21.2 Å². The number of sulfone groups is 1. The minimum absolute atomic E-state index is 0.0368. The van der Waals surface area contributed by atoms with E-state index in [1.165, 1.54) is 0 Å². The highest BCUT2D eigenvalue weighted by atomic mass is 32.2. The predicted octanol–water partition coefficient (Wildman–Crippen LogP) is 5.66. The molecule has 0 aliphatic rings. The summed E-state index contributed by atoms with van der Waals surface area (Å²) in [5.74, 6) is 1.23. The van der Waals surface area contributed by atoms with Crippen LogP contribution in [0, 0.1) is 0 Å². The Morgan fingerprint density at radius 3 is 2.52 bits per heavy atom. The van der Waals surface area contributed by atoms with Gasteiger partial charge in [0.25, 0.3) is 0 Å². The number of carbonyl (C=O) groups excluding carboxylic acids is 1. The predicted molar refractivity (Wildman–Crippen MR) is 167 cm³/mol. The van der Waals surface area contributed by atoms with Gasteiger partial charge < -0.3 is 25.8 Å². The van der Waals surface area contributed by atoms with Gasteiger partial charge in [0, 0.05) is 23.8 Å². The number of amides is 1. The molecule has 0 saturated heterocycles. The number of hydrogen-bond acceptors (Lipinski definition) is 8. The van der Waals surface area contributed by atoms with E-state index >= 15 is 0 Å². The van der Waals surface area contributed by atoms with Crippen molar-refractivity contribution in [1.29, 1.82) is 0 Å². The zero-order chi connectivity index (χ0) is 30.3. The molecule has 0 radical (unpaired) electrons. The summed E-state index contributed by atoms with van der Waals surface area (Å²) < 4.78 is 37.5. The van der Waals surface area contributed by atoms with E-state index < -0.39 is 15.9 Å². The lowest BCUT2D eigenvalue weighted by molar-refractivity contribution is -0.122. The number of anilines is 2. The molecule has 1 amide bonds. The van der Waals surface area contributed by atoms with E-state index in [2.05, 4.69) is 15.6 Å². The van der Waals surface area contributed by atoms with Gasteiger partial charge in [-0.1, -0.05) is 31.2 Å². The number of carbonyl (C=O) groups is 1. The van der Waals surface area contributed by atoms with Gasteiger partial charge >= 0.3 is 0 Å². The van der Waals surface area contributed by atoms with Gasteiger partial charge in [-0.15, -0.1) is 0 Å². The Balaban J connectivity index is 1.69. The van der Waals surface area contributed by atoms with E-state index in [0.717, 1.165) is 10.8 Å². The van der Waals surface area contributed by atoms with Crippen molar-refractivity contribution in [2.24, 2.45) is 0 Å². The molecule has 1 unspecified atom stereocenters. The summed E-state index contributed by atoms with van der Waals surface area (Å²) in [7, 11) is -3.47. The first-order valence-corrected chi connectivity index (χ1v) is 15.7. The molecular formula is C32H38N4O5S. The maximum Gasteiger partial charge on any atom is 0.247 e. The summed E-state index contributed by atoms with van der Waals surface area (Å²) in [4.78, 5) is 18.2. The first-order valence-electron chi connectivity index (χ1n) is 14.1. The molecular weight excluding hydrogens is 552 g/mol.